The zero-order chi connectivity index (χ0) is 11.3. The standard InChI is InChI=1S/C12H18N4/c1-8-9(2)16-7-10(15-11(16)14-8)3-4-12(13)5-6-12/h7H,3-6,13H2,1-2H3,(H,14,15). The highest BCUT2D eigenvalue weighted by Crippen LogP contribution is 2.36. The average Bonchev–Trinajstić information content (AvgIpc) is 2.76. The second-order valence-electron chi connectivity index (χ2n) is 5.12. The van der Waals surface area contributed by atoms with E-state index in [0.29, 0.717) is 0 Å². The average molecular weight is 218 g/mol. The molecule has 2 aromatic rings. The lowest BCUT2D eigenvalue weighted by Gasteiger charge is -2.05. The quantitative estimate of drug-likeness (QED) is 0.823. The summed E-state index contributed by atoms with van der Waals surface area (Å²) in [7, 11) is 0. The van der Waals surface area contributed by atoms with Gasteiger partial charge in [0.25, 0.3) is 0 Å². The van der Waals surface area contributed by atoms with Crippen LogP contribution in [0.25, 0.3) is 5.78 Å². The number of rotatable bonds is 3. The van der Waals surface area contributed by atoms with Crippen molar-refractivity contribution in [3.63, 3.8) is 0 Å². The van der Waals surface area contributed by atoms with Gasteiger partial charge < -0.3 is 10.7 Å². The predicted octanol–water partition coefficient (Wildman–Crippen LogP) is 1.70. The van der Waals surface area contributed by atoms with E-state index in [0.717, 1.165) is 24.3 Å². The molecule has 3 rings (SSSR count). The van der Waals surface area contributed by atoms with E-state index in [2.05, 4.69) is 27.5 Å². The van der Waals surface area contributed by atoms with E-state index < -0.39 is 0 Å². The second-order valence-corrected chi connectivity index (χ2v) is 5.12. The van der Waals surface area contributed by atoms with Crippen molar-refractivity contribution >= 4 is 5.78 Å². The molecule has 4 nitrogen and oxygen atoms in total. The molecule has 0 amide bonds. The maximum absolute atomic E-state index is 6.08. The molecule has 16 heavy (non-hydrogen) atoms. The number of nitrogens with zero attached hydrogens (tertiary/aromatic N) is 2. The van der Waals surface area contributed by atoms with Crippen LogP contribution in [0.5, 0.6) is 0 Å². The fraction of sp³-hybridized carbons (Fsp3) is 0.583. The van der Waals surface area contributed by atoms with Crippen molar-refractivity contribution in [2.45, 2.75) is 45.1 Å². The lowest BCUT2D eigenvalue weighted by molar-refractivity contribution is 0.604. The molecule has 1 fully saturated rings. The highest BCUT2D eigenvalue weighted by atomic mass is 15.1. The number of nitrogens with one attached hydrogen (secondary N) is 1. The van der Waals surface area contributed by atoms with Gasteiger partial charge in [-0.05, 0) is 39.5 Å². The number of aryl methyl sites for hydroxylation is 3. The molecule has 0 saturated heterocycles. The summed E-state index contributed by atoms with van der Waals surface area (Å²) in [5.74, 6) is 0.951. The Hall–Kier alpha value is -1.29. The van der Waals surface area contributed by atoms with Crippen LogP contribution in [0.1, 0.15) is 36.3 Å². The summed E-state index contributed by atoms with van der Waals surface area (Å²) < 4.78 is 2.13. The van der Waals surface area contributed by atoms with Crippen molar-refractivity contribution in [2.75, 3.05) is 0 Å². The first-order valence-corrected chi connectivity index (χ1v) is 5.89. The zero-order valence-corrected chi connectivity index (χ0v) is 9.88. The summed E-state index contributed by atoms with van der Waals surface area (Å²) in [6.07, 6.45) is 6.62. The van der Waals surface area contributed by atoms with Gasteiger partial charge in [0.05, 0.1) is 5.69 Å². The minimum atomic E-state index is 0.137. The first-order valence-electron chi connectivity index (χ1n) is 5.89. The number of hydrogen-bond donors (Lipinski definition) is 2. The van der Waals surface area contributed by atoms with Gasteiger partial charge >= 0.3 is 0 Å². The van der Waals surface area contributed by atoms with Crippen LogP contribution < -0.4 is 5.73 Å². The number of nitrogens with two attached hydrogens (primary N) is 1. The lowest BCUT2D eigenvalue weighted by atomic mass is 10.1. The molecule has 1 saturated carbocycles. The van der Waals surface area contributed by atoms with Crippen LogP contribution in [-0.4, -0.2) is 19.9 Å². The SMILES string of the molecule is Cc1nc2[nH]c(CCC3(N)CC3)cn2c1C. The van der Waals surface area contributed by atoms with Gasteiger partial charge in [-0.1, -0.05) is 0 Å². The fourth-order valence-electron chi connectivity index (χ4n) is 2.13. The van der Waals surface area contributed by atoms with Gasteiger partial charge in [0.2, 0.25) is 5.78 Å². The Morgan fingerprint density at radius 1 is 1.50 bits per heavy atom. The van der Waals surface area contributed by atoms with Gasteiger partial charge in [-0.2, -0.15) is 0 Å². The summed E-state index contributed by atoms with van der Waals surface area (Å²) in [5, 5.41) is 0. The highest BCUT2D eigenvalue weighted by molar-refractivity contribution is 5.37. The van der Waals surface area contributed by atoms with E-state index in [1.807, 2.05) is 6.92 Å². The molecule has 3 N–H and O–H groups in total. The maximum atomic E-state index is 6.08. The Kier molecular flexibility index (Phi) is 1.92. The van der Waals surface area contributed by atoms with E-state index in [-0.39, 0.29) is 5.54 Å². The Labute approximate surface area is 94.9 Å². The van der Waals surface area contributed by atoms with Gasteiger partial charge in [0, 0.05) is 23.1 Å². The highest BCUT2D eigenvalue weighted by Gasteiger charge is 2.37. The van der Waals surface area contributed by atoms with Crippen LogP contribution in [0.3, 0.4) is 0 Å². The number of aromatic nitrogens is 3. The molecule has 0 unspecified atom stereocenters. The molecule has 0 aromatic carbocycles. The van der Waals surface area contributed by atoms with Gasteiger partial charge in [0.15, 0.2) is 0 Å². The van der Waals surface area contributed by atoms with Crippen molar-refractivity contribution < 1.29 is 0 Å². The van der Waals surface area contributed by atoms with Crippen molar-refractivity contribution in [1.82, 2.24) is 14.4 Å². The molecule has 0 aliphatic heterocycles. The Balaban J connectivity index is 1.82. The van der Waals surface area contributed by atoms with Crippen LogP contribution >= 0.6 is 0 Å². The Morgan fingerprint density at radius 2 is 2.25 bits per heavy atom. The number of aromatic amines is 1. The summed E-state index contributed by atoms with van der Waals surface area (Å²) in [4.78, 5) is 7.82. The number of fused-ring (bicyclic) bond motifs is 1. The molecular formula is C12H18N4. The van der Waals surface area contributed by atoms with E-state index in [4.69, 9.17) is 5.73 Å². The molecule has 86 valence electrons. The molecular weight excluding hydrogens is 200 g/mol. The second kappa shape index (κ2) is 3.10. The minimum Gasteiger partial charge on any atom is -0.328 e. The topological polar surface area (TPSA) is 59.1 Å². The van der Waals surface area contributed by atoms with Crippen LogP contribution in [0, 0.1) is 13.8 Å². The lowest BCUT2D eigenvalue weighted by Crippen LogP contribution is -2.22. The molecule has 2 aromatic heterocycles. The van der Waals surface area contributed by atoms with Crippen molar-refractivity contribution in [2.24, 2.45) is 5.73 Å². The van der Waals surface area contributed by atoms with Gasteiger partial charge in [-0.25, -0.2) is 4.98 Å². The zero-order valence-electron chi connectivity index (χ0n) is 9.88. The van der Waals surface area contributed by atoms with E-state index >= 15 is 0 Å². The Bertz CT molecular complexity index is 530. The number of hydrogen-bond acceptors (Lipinski definition) is 2. The third-order valence-electron chi connectivity index (χ3n) is 3.73. The summed E-state index contributed by atoms with van der Waals surface area (Å²) in [6.45, 7) is 4.13. The van der Waals surface area contributed by atoms with Crippen molar-refractivity contribution in [3.8, 4) is 0 Å². The maximum Gasteiger partial charge on any atom is 0.211 e. The largest absolute Gasteiger partial charge is 0.328 e. The van der Waals surface area contributed by atoms with Crippen LogP contribution in [0.4, 0.5) is 0 Å². The molecule has 1 aliphatic rings. The Morgan fingerprint density at radius 3 is 2.88 bits per heavy atom. The van der Waals surface area contributed by atoms with Crippen LogP contribution in [-0.2, 0) is 6.42 Å². The van der Waals surface area contributed by atoms with Gasteiger partial charge in [-0.3, -0.25) is 4.40 Å². The minimum absolute atomic E-state index is 0.137. The van der Waals surface area contributed by atoms with Crippen LogP contribution in [0.15, 0.2) is 6.20 Å². The smallest absolute Gasteiger partial charge is 0.211 e. The first-order chi connectivity index (χ1) is 7.57. The van der Waals surface area contributed by atoms with E-state index in [1.54, 1.807) is 0 Å². The van der Waals surface area contributed by atoms with Crippen LogP contribution in [0.2, 0.25) is 0 Å². The number of H-pyrrole nitrogens is 1. The first kappa shape index (κ1) is 9.90. The molecule has 2 heterocycles. The summed E-state index contributed by atoms with van der Waals surface area (Å²) in [6, 6.07) is 0. The molecule has 0 spiro atoms. The normalized spacial score (nSPS) is 18.2. The summed E-state index contributed by atoms with van der Waals surface area (Å²) >= 11 is 0. The third kappa shape index (κ3) is 1.53. The number of imidazole rings is 2. The molecule has 0 radical (unpaired) electrons. The summed E-state index contributed by atoms with van der Waals surface area (Å²) in [5.41, 5.74) is 9.76. The molecule has 0 atom stereocenters. The fourth-order valence-corrected chi connectivity index (χ4v) is 2.13. The third-order valence-corrected chi connectivity index (χ3v) is 3.73. The monoisotopic (exact) mass is 218 g/mol. The van der Waals surface area contributed by atoms with Gasteiger partial charge in [-0.15, -0.1) is 0 Å². The molecule has 1 aliphatic carbocycles. The van der Waals surface area contributed by atoms with Gasteiger partial charge in [0.1, 0.15) is 0 Å². The molecule has 0 bridgehead atoms. The van der Waals surface area contributed by atoms with Crippen molar-refractivity contribution in [1.29, 1.82) is 0 Å². The molecule has 4 heteroatoms. The predicted molar refractivity (Wildman–Crippen MR) is 63.5 cm³/mol. The van der Waals surface area contributed by atoms with E-state index in [9.17, 15) is 0 Å². The van der Waals surface area contributed by atoms with Crippen molar-refractivity contribution in [3.05, 3.63) is 23.3 Å². The van der Waals surface area contributed by atoms with E-state index in [1.165, 1.54) is 24.2 Å².